The van der Waals surface area contributed by atoms with Gasteiger partial charge < -0.3 is 4.80 Å². The number of benzene rings is 3. The van der Waals surface area contributed by atoms with Crippen molar-refractivity contribution in [3.63, 3.8) is 0 Å². The second kappa shape index (κ2) is 7.34. The van der Waals surface area contributed by atoms with Gasteiger partial charge in [-0.05, 0) is 57.4 Å². The molecule has 0 spiro atoms. The molecule has 0 aliphatic carbocycles. The molecule has 10 heteroatoms. The first-order valence-corrected chi connectivity index (χ1v) is 13.8. The SMILES string of the molecule is C[Si](C)(O)c1c(I)c(S(=O)(=O)O)c2c(-c3ccccc3)cccc2c1C(F)(F)F. The minimum absolute atomic E-state index is 0.222. The Hall–Kier alpha value is -1.47. The monoisotopic (exact) mass is 552 g/mol. The molecule has 3 aromatic carbocycles. The number of halogens is 4. The number of fused-ring (bicyclic) bond motifs is 1. The van der Waals surface area contributed by atoms with Crippen LogP contribution < -0.4 is 5.19 Å². The Bertz CT molecular complexity index is 1200. The lowest BCUT2D eigenvalue weighted by molar-refractivity contribution is -0.135. The van der Waals surface area contributed by atoms with Crippen molar-refractivity contribution in [2.45, 2.75) is 24.2 Å². The molecule has 0 aromatic heterocycles. The Balaban J connectivity index is 2.72. The zero-order valence-electron chi connectivity index (χ0n) is 15.2. The molecule has 0 aliphatic heterocycles. The highest BCUT2D eigenvalue weighted by Gasteiger charge is 2.44. The third-order valence-electron chi connectivity index (χ3n) is 4.47. The fourth-order valence-corrected chi connectivity index (χ4v) is 9.24. The zero-order chi connectivity index (χ0) is 21.8. The lowest BCUT2D eigenvalue weighted by Crippen LogP contribution is -2.48. The number of alkyl halides is 3. The molecule has 0 bridgehead atoms. The molecule has 3 rings (SSSR count). The first kappa shape index (κ1) is 22.2. The summed E-state index contributed by atoms with van der Waals surface area (Å²) in [5.41, 5.74) is -0.329. The second-order valence-electron chi connectivity index (χ2n) is 7.02. The molecule has 0 heterocycles. The Morgan fingerprint density at radius 1 is 1.00 bits per heavy atom. The topological polar surface area (TPSA) is 74.6 Å². The van der Waals surface area contributed by atoms with Gasteiger partial charge in [0.05, 0.1) is 5.56 Å². The van der Waals surface area contributed by atoms with Gasteiger partial charge in [0.2, 0.25) is 8.32 Å². The van der Waals surface area contributed by atoms with E-state index < -0.39 is 40.3 Å². The number of hydrogen-bond acceptors (Lipinski definition) is 3. The van der Waals surface area contributed by atoms with Crippen LogP contribution in [0, 0.1) is 3.57 Å². The predicted octanol–water partition coefficient (Wildman–Crippen LogP) is 4.78. The minimum atomic E-state index is -4.90. The van der Waals surface area contributed by atoms with Gasteiger partial charge in [0, 0.05) is 8.96 Å². The van der Waals surface area contributed by atoms with Crippen molar-refractivity contribution >= 4 is 57.0 Å². The summed E-state index contributed by atoms with van der Waals surface area (Å²) in [4.78, 5) is 9.99. The third kappa shape index (κ3) is 4.08. The summed E-state index contributed by atoms with van der Waals surface area (Å²) in [7, 11) is -8.56. The van der Waals surface area contributed by atoms with Crippen molar-refractivity contribution in [1.29, 1.82) is 0 Å². The van der Waals surface area contributed by atoms with Crippen LogP contribution >= 0.6 is 22.6 Å². The molecule has 0 saturated heterocycles. The van der Waals surface area contributed by atoms with E-state index in [1.807, 2.05) is 0 Å². The molecular weight excluding hydrogens is 536 g/mol. The van der Waals surface area contributed by atoms with E-state index in [-0.39, 0.29) is 19.9 Å². The molecule has 0 amide bonds. The Morgan fingerprint density at radius 3 is 2.07 bits per heavy atom. The summed E-state index contributed by atoms with van der Waals surface area (Å²) in [6.07, 6.45) is -4.84. The second-order valence-corrected chi connectivity index (χ2v) is 13.1. The van der Waals surface area contributed by atoms with Gasteiger partial charge in [0.1, 0.15) is 4.90 Å². The van der Waals surface area contributed by atoms with Crippen molar-refractivity contribution in [2.24, 2.45) is 0 Å². The predicted molar refractivity (Wildman–Crippen MR) is 116 cm³/mol. The summed E-state index contributed by atoms with van der Waals surface area (Å²) in [5.74, 6) is 0. The third-order valence-corrected chi connectivity index (χ3v) is 9.07. The van der Waals surface area contributed by atoms with Gasteiger partial charge in [-0.25, -0.2) is 0 Å². The first-order chi connectivity index (χ1) is 13.2. The van der Waals surface area contributed by atoms with E-state index in [1.165, 1.54) is 53.9 Å². The van der Waals surface area contributed by atoms with Crippen molar-refractivity contribution in [1.82, 2.24) is 0 Å². The van der Waals surface area contributed by atoms with E-state index in [4.69, 9.17) is 0 Å². The molecule has 29 heavy (non-hydrogen) atoms. The van der Waals surface area contributed by atoms with E-state index >= 15 is 0 Å². The summed E-state index contributed by atoms with van der Waals surface area (Å²) in [6.45, 7) is 2.56. The van der Waals surface area contributed by atoms with Crippen molar-refractivity contribution in [3.05, 3.63) is 57.7 Å². The van der Waals surface area contributed by atoms with Gasteiger partial charge in [-0.2, -0.15) is 21.6 Å². The Labute approximate surface area is 180 Å². The summed E-state index contributed by atoms with van der Waals surface area (Å²) >= 11 is 1.48. The lowest BCUT2D eigenvalue weighted by Gasteiger charge is -2.26. The van der Waals surface area contributed by atoms with Gasteiger partial charge in [0.15, 0.2) is 0 Å². The highest BCUT2D eigenvalue weighted by molar-refractivity contribution is 14.1. The Morgan fingerprint density at radius 2 is 1.59 bits per heavy atom. The molecular formula is C19H16F3IO4SSi. The van der Waals surface area contributed by atoms with Crippen LogP contribution in [-0.2, 0) is 16.3 Å². The molecule has 0 aliphatic rings. The lowest BCUT2D eigenvalue weighted by atomic mass is 9.95. The van der Waals surface area contributed by atoms with E-state index in [9.17, 15) is 30.9 Å². The molecule has 2 N–H and O–H groups in total. The average Bonchev–Trinajstić information content (AvgIpc) is 2.57. The molecule has 154 valence electrons. The minimum Gasteiger partial charge on any atom is -0.428 e. The van der Waals surface area contributed by atoms with Crippen LogP contribution in [0.1, 0.15) is 5.56 Å². The summed E-state index contributed by atoms with van der Waals surface area (Å²) in [5, 5.41) is -1.06. The fourth-order valence-electron chi connectivity index (χ4n) is 3.44. The smallest absolute Gasteiger partial charge is 0.417 e. The largest absolute Gasteiger partial charge is 0.428 e. The molecule has 0 unspecified atom stereocenters. The maximum atomic E-state index is 14.1. The molecule has 0 atom stereocenters. The highest BCUT2D eigenvalue weighted by Crippen LogP contribution is 2.43. The van der Waals surface area contributed by atoms with Gasteiger partial charge in [-0.3, -0.25) is 4.55 Å². The highest BCUT2D eigenvalue weighted by atomic mass is 127. The maximum absolute atomic E-state index is 14.1. The van der Waals surface area contributed by atoms with E-state index in [1.54, 1.807) is 30.3 Å². The van der Waals surface area contributed by atoms with E-state index in [0.717, 1.165) is 0 Å². The normalized spacial score (nSPS) is 13.1. The zero-order valence-corrected chi connectivity index (χ0v) is 19.2. The molecule has 0 radical (unpaired) electrons. The summed E-state index contributed by atoms with van der Waals surface area (Å²) in [6, 6.07) is 12.4. The van der Waals surface area contributed by atoms with Gasteiger partial charge in [0.25, 0.3) is 10.1 Å². The fraction of sp³-hybridized carbons (Fsp3) is 0.158. The van der Waals surface area contributed by atoms with Crippen molar-refractivity contribution < 1.29 is 30.9 Å². The molecule has 0 saturated carbocycles. The van der Waals surface area contributed by atoms with Crippen LogP contribution in [0.4, 0.5) is 13.2 Å². The van der Waals surface area contributed by atoms with Gasteiger partial charge in [-0.1, -0.05) is 48.5 Å². The van der Waals surface area contributed by atoms with Crippen LogP contribution in [0.25, 0.3) is 21.9 Å². The van der Waals surface area contributed by atoms with Gasteiger partial charge >= 0.3 is 6.18 Å². The van der Waals surface area contributed by atoms with Crippen LogP contribution in [0.15, 0.2) is 53.4 Å². The van der Waals surface area contributed by atoms with Crippen LogP contribution in [-0.4, -0.2) is 26.1 Å². The quantitative estimate of drug-likeness (QED) is 0.279. The van der Waals surface area contributed by atoms with E-state index in [2.05, 4.69) is 0 Å². The first-order valence-electron chi connectivity index (χ1n) is 8.35. The standard InChI is InChI=1S/C19H16F3IO4SSi/c1-29(2,27)18-15(19(20,21)22)13-10-6-9-12(11-7-4-3-5-8-11)14(13)17(16(18)23)28(24,25)26/h3-10,27H,1-2H3,(H,24,25,26). The molecule has 3 aromatic rings. The van der Waals surface area contributed by atoms with Gasteiger partial charge in [-0.15, -0.1) is 0 Å². The molecule has 0 fully saturated rings. The average molecular weight is 552 g/mol. The van der Waals surface area contributed by atoms with Crippen molar-refractivity contribution in [3.8, 4) is 11.1 Å². The number of hydrogen-bond donors (Lipinski definition) is 2. The van der Waals surface area contributed by atoms with E-state index in [0.29, 0.717) is 5.56 Å². The Kier molecular flexibility index (Phi) is 5.62. The number of rotatable bonds is 3. The van der Waals surface area contributed by atoms with Crippen LogP contribution in [0.5, 0.6) is 0 Å². The van der Waals surface area contributed by atoms with Crippen molar-refractivity contribution in [2.75, 3.05) is 0 Å². The summed E-state index contributed by atoms with van der Waals surface area (Å²) < 4.78 is 76.7. The maximum Gasteiger partial charge on any atom is 0.417 e. The van der Waals surface area contributed by atoms with Crippen LogP contribution in [0.2, 0.25) is 13.1 Å². The molecule has 4 nitrogen and oxygen atoms in total. The van der Waals surface area contributed by atoms with Crippen LogP contribution in [0.3, 0.4) is 0 Å².